The second-order valence-electron chi connectivity index (χ2n) is 7.46. The Morgan fingerprint density at radius 2 is 1.82 bits per heavy atom. The molecule has 0 aromatic carbocycles. The quantitative estimate of drug-likeness (QED) is 0.623. The highest BCUT2D eigenvalue weighted by molar-refractivity contribution is 6.03. The molecule has 3 aliphatic rings. The minimum Gasteiger partial charge on any atom is -0.481 e. The van der Waals surface area contributed by atoms with Crippen LogP contribution in [0, 0.1) is 0 Å². The van der Waals surface area contributed by atoms with Crippen LogP contribution in [-0.4, -0.2) is 106 Å². The van der Waals surface area contributed by atoms with Crippen LogP contribution in [0.2, 0.25) is 0 Å². The van der Waals surface area contributed by atoms with Crippen molar-refractivity contribution in [3.63, 3.8) is 0 Å². The number of aliphatic imine (C=N–C) groups is 1. The third-order valence-corrected chi connectivity index (χ3v) is 5.30. The van der Waals surface area contributed by atoms with Crippen molar-refractivity contribution in [3.05, 3.63) is 0 Å². The van der Waals surface area contributed by atoms with E-state index < -0.39 is 24.2 Å². The summed E-state index contributed by atoms with van der Waals surface area (Å²) >= 11 is 0. The molecule has 2 unspecified atom stereocenters. The molecule has 2 fully saturated rings. The number of urea groups is 1. The first-order valence-electron chi connectivity index (χ1n) is 9.39. The molecule has 3 rings (SSSR count). The number of carbonyl (C=O) groups excluding carboxylic acids is 3. The van der Waals surface area contributed by atoms with Crippen LogP contribution in [0.25, 0.3) is 0 Å². The Hall–Kier alpha value is -2.85. The predicted octanol–water partition coefficient (Wildman–Crippen LogP) is -1.05. The van der Waals surface area contributed by atoms with Crippen LogP contribution in [0.15, 0.2) is 4.99 Å². The lowest BCUT2D eigenvalue weighted by Crippen LogP contribution is -2.65. The Morgan fingerprint density at radius 3 is 2.39 bits per heavy atom. The number of piperazine rings is 1. The van der Waals surface area contributed by atoms with Gasteiger partial charge >= 0.3 is 12.0 Å². The molecule has 0 bridgehead atoms. The highest BCUT2D eigenvalue weighted by Crippen LogP contribution is 2.27. The molecule has 3 aliphatic heterocycles. The molecule has 11 nitrogen and oxygen atoms in total. The van der Waals surface area contributed by atoms with Gasteiger partial charge in [0, 0.05) is 45.7 Å². The Balaban J connectivity index is 1.71. The number of amides is 4. The van der Waals surface area contributed by atoms with E-state index in [9.17, 15) is 19.2 Å². The van der Waals surface area contributed by atoms with Crippen LogP contribution >= 0.6 is 0 Å². The van der Waals surface area contributed by atoms with Crippen molar-refractivity contribution < 1.29 is 24.3 Å². The van der Waals surface area contributed by atoms with E-state index in [2.05, 4.69) is 10.3 Å². The summed E-state index contributed by atoms with van der Waals surface area (Å²) < 4.78 is 0. The number of aliphatic carboxylic acids is 1. The van der Waals surface area contributed by atoms with Gasteiger partial charge in [-0.2, -0.15) is 0 Å². The molecule has 0 radical (unpaired) electrons. The van der Waals surface area contributed by atoms with E-state index in [-0.39, 0.29) is 30.7 Å². The number of imide groups is 1. The molecule has 2 saturated heterocycles. The van der Waals surface area contributed by atoms with E-state index in [4.69, 9.17) is 5.11 Å². The molecule has 0 spiro atoms. The van der Waals surface area contributed by atoms with Crippen LogP contribution in [0.5, 0.6) is 0 Å². The monoisotopic (exact) mass is 394 g/mol. The molecular weight excluding hydrogens is 368 g/mol. The minimum atomic E-state index is -0.987. The van der Waals surface area contributed by atoms with E-state index in [1.54, 1.807) is 11.9 Å². The maximum Gasteiger partial charge on any atom is 0.325 e. The van der Waals surface area contributed by atoms with Crippen LogP contribution in [-0.2, 0) is 14.4 Å². The van der Waals surface area contributed by atoms with Gasteiger partial charge in [-0.05, 0) is 13.8 Å². The summed E-state index contributed by atoms with van der Waals surface area (Å²) in [5.41, 5.74) is 0. The zero-order valence-electron chi connectivity index (χ0n) is 16.3. The minimum absolute atomic E-state index is 0.00340. The molecule has 154 valence electrons. The fourth-order valence-electron chi connectivity index (χ4n) is 3.80. The van der Waals surface area contributed by atoms with Gasteiger partial charge < -0.3 is 24.7 Å². The molecule has 0 aliphatic carbocycles. The van der Waals surface area contributed by atoms with Gasteiger partial charge in [0.1, 0.15) is 0 Å². The Morgan fingerprint density at radius 1 is 1.18 bits per heavy atom. The summed E-state index contributed by atoms with van der Waals surface area (Å²) in [5.74, 6) is -0.865. The van der Waals surface area contributed by atoms with Gasteiger partial charge in [-0.3, -0.25) is 19.7 Å². The van der Waals surface area contributed by atoms with Gasteiger partial charge in [0.2, 0.25) is 5.91 Å². The molecule has 28 heavy (non-hydrogen) atoms. The fraction of sp³-hybridized carbons (Fsp3) is 0.706. The summed E-state index contributed by atoms with van der Waals surface area (Å²) in [5, 5.41) is 11.1. The van der Waals surface area contributed by atoms with E-state index in [0.29, 0.717) is 32.1 Å². The third kappa shape index (κ3) is 3.60. The normalized spacial score (nSPS) is 25.1. The van der Waals surface area contributed by atoms with E-state index in [1.165, 1.54) is 4.90 Å². The van der Waals surface area contributed by atoms with Gasteiger partial charge in [-0.1, -0.05) is 0 Å². The Kier molecular flexibility index (Phi) is 5.43. The molecule has 0 aromatic heterocycles. The average Bonchev–Trinajstić information content (AvgIpc) is 3.06. The molecule has 4 amide bonds. The summed E-state index contributed by atoms with van der Waals surface area (Å²) in [6, 6.07) is -1.04. The number of guanidine groups is 1. The summed E-state index contributed by atoms with van der Waals surface area (Å²) in [6.07, 6.45) is -0.758. The number of nitrogens with zero attached hydrogens (tertiary/aromatic N) is 5. The lowest BCUT2D eigenvalue weighted by molar-refractivity contribution is -0.141. The van der Waals surface area contributed by atoms with Crippen molar-refractivity contribution in [2.45, 2.75) is 44.9 Å². The highest BCUT2D eigenvalue weighted by Gasteiger charge is 2.50. The maximum atomic E-state index is 12.5. The standard InChI is InChI=1S/C17H26N6O5/c1-10(2)23-13-14(20(3)17(28)19-15(13)27)18-16(23)22-8-6-21(7-9-22)11(24)4-5-12(25)26/h10,13-14H,4-9H2,1-3H3,(H,25,26)(H,19,27,28). The summed E-state index contributed by atoms with van der Waals surface area (Å²) in [6.45, 7) is 5.90. The van der Waals surface area contributed by atoms with Gasteiger partial charge in [-0.15, -0.1) is 0 Å². The van der Waals surface area contributed by atoms with E-state index >= 15 is 0 Å². The SMILES string of the molecule is CC(C)N1C(N2CCN(C(=O)CCC(=O)O)CC2)=NC2C1C(=O)NC(=O)N2C. The van der Waals surface area contributed by atoms with Crippen LogP contribution in [0.3, 0.4) is 0 Å². The number of hydrogen-bond acceptors (Lipinski definition) is 7. The van der Waals surface area contributed by atoms with Crippen LogP contribution in [0.4, 0.5) is 4.79 Å². The Bertz CT molecular complexity index is 715. The Labute approximate surface area is 162 Å². The first-order chi connectivity index (χ1) is 13.2. The number of carbonyl (C=O) groups is 4. The van der Waals surface area contributed by atoms with Gasteiger partial charge in [0.15, 0.2) is 18.2 Å². The van der Waals surface area contributed by atoms with Crippen LogP contribution < -0.4 is 5.32 Å². The van der Waals surface area contributed by atoms with Crippen molar-refractivity contribution in [3.8, 4) is 0 Å². The number of fused-ring (bicyclic) bond motifs is 1. The molecule has 11 heteroatoms. The van der Waals surface area contributed by atoms with Gasteiger partial charge in [0.05, 0.1) is 6.42 Å². The summed E-state index contributed by atoms with van der Waals surface area (Å²) in [4.78, 5) is 58.9. The second kappa shape index (κ2) is 7.64. The molecule has 0 aromatic rings. The average molecular weight is 394 g/mol. The number of hydrogen-bond donors (Lipinski definition) is 2. The van der Waals surface area contributed by atoms with Crippen molar-refractivity contribution in [2.24, 2.45) is 4.99 Å². The second-order valence-corrected chi connectivity index (χ2v) is 7.46. The van der Waals surface area contributed by atoms with Crippen molar-refractivity contribution in [1.29, 1.82) is 0 Å². The topological polar surface area (TPSA) is 126 Å². The molecule has 3 heterocycles. The van der Waals surface area contributed by atoms with Crippen molar-refractivity contribution in [2.75, 3.05) is 33.2 Å². The number of rotatable bonds is 4. The highest BCUT2D eigenvalue weighted by atomic mass is 16.4. The first-order valence-corrected chi connectivity index (χ1v) is 9.39. The first kappa shape index (κ1) is 19.9. The van der Waals surface area contributed by atoms with Gasteiger partial charge in [-0.25, -0.2) is 9.79 Å². The molecular formula is C17H26N6O5. The lowest BCUT2D eigenvalue weighted by atomic mass is 10.1. The largest absolute Gasteiger partial charge is 0.481 e. The fourth-order valence-corrected chi connectivity index (χ4v) is 3.80. The van der Waals surface area contributed by atoms with Crippen molar-refractivity contribution >= 4 is 29.8 Å². The molecule has 2 N–H and O–H groups in total. The number of nitrogens with one attached hydrogen (secondary N) is 1. The lowest BCUT2D eigenvalue weighted by Gasteiger charge is -2.42. The van der Waals surface area contributed by atoms with Crippen LogP contribution in [0.1, 0.15) is 26.7 Å². The smallest absolute Gasteiger partial charge is 0.325 e. The predicted molar refractivity (Wildman–Crippen MR) is 98.3 cm³/mol. The molecule has 0 saturated carbocycles. The van der Waals surface area contributed by atoms with E-state index in [1.807, 2.05) is 23.6 Å². The zero-order valence-corrected chi connectivity index (χ0v) is 16.3. The van der Waals surface area contributed by atoms with Gasteiger partial charge in [0.25, 0.3) is 5.91 Å². The van der Waals surface area contributed by atoms with Crippen molar-refractivity contribution in [1.82, 2.24) is 24.9 Å². The summed E-state index contributed by atoms with van der Waals surface area (Å²) in [7, 11) is 1.61. The number of likely N-dealkylation sites (N-methyl/N-ethyl adjacent to an activating group) is 1. The molecule has 2 atom stereocenters. The maximum absolute atomic E-state index is 12.5. The van der Waals surface area contributed by atoms with E-state index in [0.717, 1.165) is 0 Å². The third-order valence-electron chi connectivity index (χ3n) is 5.30. The number of carboxylic acids is 1. The zero-order chi connectivity index (χ0) is 20.6. The number of carboxylic acid groups (broad SMARTS) is 1.